The Labute approximate surface area is 94.8 Å². The molecule has 0 aromatic heterocycles. The van der Waals surface area contributed by atoms with Crippen molar-refractivity contribution in [1.29, 1.82) is 0 Å². The number of hydrogen-bond donors (Lipinski definition) is 2. The molecule has 0 saturated carbocycles. The maximum Gasteiger partial charge on any atom is 0.119 e. The van der Waals surface area contributed by atoms with Gasteiger partial charge in [-0.3, -0.25) is 0 Å². The summed E-state index contributed by atoms with van der Waals surface area (Å²) in [7, 11) is 0. The molecule has 0 fully saturated rings. The number of hydrogen-bond acceptors (Lipinski definition) is 2. The van der Waals surface area contributed by atoms with Crippen molar-refractivity contribution >= 4 is 0 Å². The van der Waals surface area contributed by atoms with Crippen LogP contribution in [0, 0.1) is 6.92 Å². The monoisotopic (exact) mass is 214 g/mol. The lowest BCUT2D eigenvalue weighted by atomic mass is 10.0. The van der Waals surface area contributed by atoms with Crippen molar-refractivity contribution in [1.82, 2.24) is 0 Å². The Bertz CT molecular complexity index is 504. The van der Waals surface area contributed by atoms with Crippen LogP contribution in [-0.4, -0.2) is 10.2 Å². The molecule has 2 aromatic carbocycles. The van der Waals surface area contributed by atoms with Gasteiger partial charge < -0.3 is 10.2 Å². The first-order valence-electron chi connectivity index (χ1n) is 5.20. The van der Waals surface area contributed by atoms with Crippen LogP contribution in [-0.2, 0) is 6.61 Å². The second-order valence-corrected chi connectivity index (χ2v) is 3.86. The Morgan fingerprint density at radius 3 is 2.44 bits per heavy atom. The average Bonchev–Trinajstić information content (AvgIpc) is 2.33. The first-order chi connectivity index (χ1) is 7.70. The first-order valence-corrected chi connectivity index (χ1v) is 5.20. The molecular weight excluding hydrogens is 200 g/mol. The van der Waals surface area contributed by atoms with E-state index in [0.29, 0.717) is 5.75 Å². The molecule has 16 heavy (non-hydrogen) atoms. The SMILES string of the molecule is Cc1ccc(-c2cccc(CO)c2)cc1O. The summed E-state index contributed by atoms with van der Waals surface area (Å²) in [6.07, 6.45) is 0. The molecule has 0 aliphatic carbocycles. The Hall–Kier alpha value is -1.80. The molecule has 2 aromatic rings. The topological polar surface area (TPSA) is 40.5 Å². The minimum atomic E-state index is 0.0334. The van der Waals surface area contributed by atoms with Crippen LogP contribution in [0.2, 0.25) is 0 Å². The van der Waals surface area contributed by atoms with E-state index < -0.39 is 0 Å². The third-order valence-corrected chi connectivity index (χ3v) is 2.65. The molecule has 2 N–H and O–H groups in total. The van der Waals surface area contributed by atoms with E-state index in [0.717, 1.165) is 22.3 Å². The molecule has 0 aliphatic rings. The fourth-order valence-corrected chi connectivity index (χ4v) is 1.64. The molecule has 0 spiro atoms. The van der Waals surface area contributed by atoms with E-state index in [1.165, 1.54) is 0 Å². The van der Waals surface area contributed by atoms with Gasteiger partial charge in [0.1, 0.15) is 5.75 Å². The van der Waals surface area contributed by atoms with Crippen molar-refractivity contribution in [2.45, 2.75) is 13.5 Å². The van der Waals surface area contributed by atoms with Crippen LogP contribution in [0.1, 0.15) is 11.1 Å². The smallest absolute Gasteiger partial charge is 0.119 e. The predicted octanol–water partition coefficient (Wildman–Crippen LogP) is 2.86. The second kappa shape index (κ2) is 4.37. The fraction of sp³-hybridized carbons (Fsp3) is 0.143. The lowest BCUT2D eigenvalue weighted by Crippen LogP contribution is -1.85. The number of aryl methyl sites for hydroxylation is 1. The Kier molecular flexibility index (Phi) is 2.93. The van der Waals surface area contributed by atoms with Crippen LogP contribution in [0.15, 0.2) is 42.5 Å². The van der Waals surface area contributed by atoms with Gasteiger partial charge in [0.15, 0.2) is 0 Å². The number of aromatic hydroxyl groups is 1. The van der Waals surface area contributed by atoms with E-state index in [4.69, 9.17) is 5.11 Å². The van der Waals surface area contributed by atoms with Gasteiger partial charge in [-0.05, 0) is 41.3 Å². The number of benzene rings is 2. The molecule has 2 heteroatoms. The van der Waals surface area contributed by atoms with Crippen LogP contribution >= 0.6 is 0 Å². The van der Waals surface area contributed by atoms with Crippen LogP contribution in [0.4, 0.5) is 0 Å². The van der Waals surface area contributed by atoms with Crippen molar-refractivity contribution in [2.24, 2.45) is 0 Å². The van der Waals surface area contributed by atoms with Crippen LogP contribution in [0.25, 0.3) is 11.1 Å². The molecule has 0 saturated heterocycles. The van der Waals surface area contributed by atoms with Crippen LogP contribution in [0.3, 0.4) is 0 Å². The van der Waals surface area contributed by atoms with Gasteiger partial charge >= 0.3 is 0 Å². The highest BCUT2D eigenvalue weighted by atomic mass is 16.3. The summed E-state index contributed by atoms with van der Waals surface area (Å²) in [5.74, 6) is 0.298. The van der Waals surface area contributed by atoms with Gasteiger partial charge in [0, 0.05) is 0 Å². The Balaban J connectivity index is 2.46. The predicted molar refractivity (Wildman–Crippen MR) is 64.2 cm³/mol. The van der Waals surface area contributed by atoms with E-state index in [9.17, 15) is 5.11 Å². The van der Waals surface area contributed by atoms with E-state index >= 15 is 0 Å². The molecule has 0 bridgehead atoms. The van der Waals surface area contributed by atoms with Gasteiger partial charge in [-0.25, -0.2) is 0 Å². The third-order valence-electron chi connectivity index (χ3n) is 2.65. The van der Waals surface area contributed by atoms with Gasteiger partial charge in [-0.2, -0.15) is 0 Å². The molecule has 0 atom stereocenters. The highest BCUT2D eigenvalue weighted by Crippen LogP contribution is 2.26. The van der Waals surface area contributed by atoms with Crippen molar-refractivity contribution < 1.29 is 10.2 Å². The summed E-state index contributed by atoms with van der Waals surface area (Å²) in [4.78, 5) is 0. The standard InChI is InChI=1S/C14H14O2/c1-10-5-6-13(8-14(10)16)12-4-2-3-11(7-12)9-15/h2-8,15-16H,9H2,1H3. The molecule has 0 unspecified atom stereocenters. The second-order valence-electron chi connectivity index (χ2n) is 3.86. The normalized spacial score (nSPS) is 10.4. The van der Waals surface area contributed by atoms with Gasteiger partial charge in [0.05, 0.1) is 6.61 Å². The molecular formula is C14H14O2. The maximum absolute atomic E-state index is 9.64. The van der Waals surface area contributed by atoms with Gasteiger partial charge in [0.25, 0.3) is 0 Å². The zero-order valence-electron chi connectivity index (χ0n) is 9.14. The Morgan fingerprint density at radius 1 is 1.00 bits per heavy atom. The minimum absolute atomic E-state index is 0.0334. The largest absolute Gasteiger partial charge is 0.508 e. The average molecular weight is 214 g/mol. The van der Waals surface area contributed by atoms with E-state index in [-0.39, 0.29) is 6.61 Å². The van der Waals surface area contributed by atoms with Crippen LogP contribution in [0.5, 0.6) is 5.75 Å². The van der Waals surface area contributed by atoms with Crippen molar-refractivity contribution in [3.05, 3.63) is 53.6 Å². The van der Waals surface area contributed by atoms with Crippen molar-refractivity contribution in [3.63, 3.8) is 0 Å². The number of phenols is 1. The lowest BCUT2D eigenvalue weighted by molar-refractivity contribution is 0.282. The summed E-state index contributed by atoms with van der Waals surface area (Å²) in [6, 6.07) is 13.2. The molecule has 2 nitrogen and oxygen atoms in total. The number of phenolic OH excluding ortho intramolecular Hbond substituents is 1. The Morgan fingerprint density at radius 2 is 1.75 bits per heavy atom. The fourth-order valence-electron chi connectivity index (χ4n) is 1.64. The van der Waals surface area contributed by atoms with E-state index in [1.54, 1.807) is 6.07 Å². The van der Waals surface area contributed by atoms with E-state index in [2.05, 4.69) is 0 Å². The number of aliphatic hydroxyl groups excluding tert-OH is 1. The summed E-state index contributed by atoms with van der Waals surface area (Å²) in [5.41, 5.74) is 3.69. The minimum Gasteiger partial charge on any atom is -0.508 e. The van der Waals surface area contributed by atoms with Crippen molar-refractivity contribution in [3.8, 4) is 16.9 Å². The molecule has 2 rings (SSSR count). The molecule has 0 amide bonds. The zero-order chi connectivity index (χ0) is 11.5. The highest BCUT2D eigenvalue weighted by molar-refractivity contribution is 5.66. The molecule has 0 heterocycles. The first kappa shape index (κ1) is 10.7. The summed E-state index contributed by atoms with van der Waals surface area (Å²) < 4.78 is 0. The highest BCUT2D eigenvalue weighted by Gasteiger charge is 2.02. The number of rotatable bonds is 2. The third kappa shape index (κ3) is 2.07. The molecule has 82 valence electrons. The maximum atomic E-state index is 9.64. The molecule has 0 radical (unpaired) electrons. The molecule has 0 aliphatic heterocycles. The quantitative estimate of drug-likeness (QED) is 0.807. The van der Waals surface area contributed by atoms with Gasteiger partial charge in [-0.15, -0.1) is 0 Å². The summed E-state index contributed by atoms with van der Waals surface area (Å²) in [6.45, 7) is 1.90. The van der Waals surface area contributed by atoms with Gasteiger partial charge in [-0.1, -0.05) is 30.3 Å². The van der Waals surface area contributed by atoms with Gasteiger partial charge in [0.2, 0.25) is 0 Å². The number of aliphatic hydroxyl groups is 1. The summed E-state index contributed by atoms with van der Waals surface area (Å²) in [5, 5.41) is 18.7. The zero-order valence-corrected chi connectivity index (χ0v) is 9.14. The lowest BCUT2D eigenvalue weighted by Gasteiger charge is -2.06. The van der Waals surface area contributed by atoms with Crippen molar-refractivity contribution in [2.75, 3.05) is 0 Å². The van der Waals surface area contributed by atoms with Crippen LogP contribution < -0.4 is 0 Å². The summed E-state index contributed by atoms with van der Waals surface area (Å²) >= 11 is 0. The van der Waals surface area contributed by atoms with E-state index in [1.807, 2.05) is 43.3 Å².